The minimum absolute atomic E-state index is 0.359. The molecule has 1 heterocycles. The number of nitrogens with zero attached hydrogens (tertiary/aromatic N) is 1. The first kappa shape index (κ1) is 12.3. The van der Waals surface area contributed by atoms with Crippen molar-refractivity contribution in [2.24, 2.45) is 5.10 Å². The van der Waals surface area contributed by atoms with Crippen molar-refractivity contribution in [1.29, 1.82) is 0 Å². The lowest BCUT2D eigenvalue weighted by Gasteiger charge is -2.00. The predicted octanol–water partition coefficient (Wildman–Crippen LogP) is 2.98. The lowest BCUT2D eigenvalue weighted by Crippen LogP contribution is -2.01. The zero-order chi connectivity index (χ0) is 12.8. The first-order chi connectivity index (χ1) is 8.81. The quantitative estimate of drug-likeness (QED) is 0.522. The maximum atomic E-state index is 11.4. The number of carbonyl (C=O) groups is 1. The molecule has 92 valence electrons. The molecule has 0 atom stereocenters. The third kappa shape index (κ3) is 2.95. The molecule has 0 bridgehead atoms. The van der Waals surface area contributed by atoms with Crippen LogP contribution in [0, 0.1) is 0 Å². The average molecular weight is 260 g/mol. The Morgan fingerprint density at radius 2 is 2.11 bits per heavy atom. The summed E-state index contributed by atoms with van der Waals surface area (Å²) < 4.78 is 4.68. The Balaban J connectivity index is 2.05. The molecule has 1 N–H and O–H groups in total. The van der Waals surface area contributed by atoms with Crippen LogP contribution in [0.4, 0.5) is 5.69 Å². The molecule has 2 aromatic rings. The third-order valence-corrected chi connectivity index (χ3v) is 3.13. The lowest BCUT2D eigenvalue weighted by atomic mass is 10.2. The summed E-state index contributed by atoms with van der Waals surface area (Å²) in [4.78, 5) is 11.9. The van der Waals surface area contributed by atoms with Crippen molar-refractivity contribution in [2.45, 2.75) is 0 Å². The van der Waals surface area contributed by atoms with Gasteiger partial charge in [-0.05, 0) is 17.0 Å². The van der Waals surface area contributed by atoms with Crippen molar-refractivity contribution in [1.82, 2.24) is 0 Å². The second-order valence-corrected chi connectivity index (χ2v) is 4.35. The fourth-order valence-corrected chi connectivity index (χ4v) is 2.12. The van der Waals surface area contributed by atoms with E-state index in [-0.39, 0.29) is 5.97 Å². The molecule has 1 aromatic heterocycles. The number of nitrogens with one attached hydrogen (secondary N) is 1. The topological polar surface area (TPSA) is 50.7 Å². The highest BCUT2D eigenvalue weighted by molar-refractivity contribution is 7.12. The van der Waals surface area contributed by atoms with E-state index in [0.717, 1.165) is 5.56 Å². The normalized spacial score (nSPS) is 10.5. The number of thiophene rings is 1. The highest BCUT2D eigenvalue weighted by Crippen LogP contribution is 2.22. The SMILES string of the molecule is COC(=O)c1sccc1N/N=C\c1ccccc1. The molecule has 0 radical (unpaired) electrons. The number of hydrogen-bond donors (Lipinski definition) is 1. The molecule has 2 rings (SSSR count). The summed E-state index contributed by atoms with van der Waals surface area (Å²) >= 11 is 1.32. The van der Waals surface area contributed by atoms with Crippen molar-refractivity contribution in [2.75, 3.05) is 12.5 Å². The summed E-state index contributed by atoms with van der Waals surface area (Å²) in [5, 5.41) is 5.90. The Hall–Kier alpha value is -2.14. The van der Waals surface area contributed by atoms with Gasteiger partial charge in [0, 0.05) is 0 Å². The van der Waals surface area contributed by atoms with Crippen LogP contribution in [0.25, 0.3) is 0 Å². The van der Waals surface area contributed by atoms with Crippen LogP contribution in [0.3, 0.4) is 0 Å². The summed E-state index contributed by atoms with van der Waals surface area (Å²) in [6.07, 6.45) is 1.69. The molecule has 0 saturated carbocycles. The Morgan fingerprint density at radius 3 is 2.83 bits per heavy atom. The van der Waals surface area contributed by atoms with Crippen LogP contribution in [-0.4, -0.2) is 19.3 Å². The second-order valence-electron chi connectivity index (χ2n) is 3.44. The molecule has 0 amide bonds. The lowest BCUT2D eigenvalue weighted by molar-refractivity contribution is 0.0607. The van der Waals surface area contributed by atoms with Crippen LogP contribution in [0.2, 0.25) is 0 Å². The van der Waals surface area contributed by atoms with Crippen LogP contribution >= 0.6 is 11.3 Å². The summed E-state index contributed by atoms with van der Waals surface area (Å²) in [6.45, 7) is 0. The van der Waals surface area contributed by atoms with Crippen LogP contribution in [0.1, 0.15) is 15.2 Å². The Labute approximate surface area is 109 Å². The van der Waals surface area contributed by atoms with Gasteiger partial charge < -0.3 is 4.74 Å². The van der Waals surface area contributed by atoms with E-state index in [0.29, 0.717) is 10.6 Å². The van der Waals surface area contributed by atoms with Gasteiger partial charge in [0.1, 0.15) is 4.88 Å². The van der Waals surface area contributed by atoms with Crippen LogP contribution < -0.4 is 5.43 Å². The van der Waals surface area contributed by atoms with Crippen LogP contribution in [0.15, 0.2) is 46.9 Å². The minimum atomic E-state index is -0.359. The van der Waals surface area contributed by atoms with Crippen molar-refractivity contribution >= 4 is 29.2 Å². The fourth-order valence-electron chi connectivity index (χ4n) is 1.36. The summed E-state index contributed by atoms with van der Waals surface area (Å²) in [5.41, 5.74) is 4.47. The van der Waals surface area contributed by atoms with Gasteiger partial charge in [-0.3, -0.25) is 5.43 Å². The molecule has 0 saturated heterocycles. The number of hydrazone groups is 1. The maximum absolute atomic E-state index is 11.4. The molecule has 0 unspecified atom stereocenters. The van der Waals surface area contributed by atoms with Gasteiger partial charge in [-0.15, -0.1) is 11.3 Å². The number of rotatable bonds is 4. The van der Waals surface area contributed by atoms with E-state index in [2.05, 4.69) is 15.3 Å². The Bertz CT molecular complexity index is 549. The standard InChI is InChI=1S/C13H12N2O2S/c1-17-13(16)12-11(7-8-18-12)15-14-9-10-5-3-2-4-6-10/h2-9,15H,1H3/b14-9-. The van der Waals surface area contributed by atoms with E-state index in [1.54, 1.807) is 12.3 Å². The third-order valence-electron chi connectivity index (χ3n) is 2.23. The largest absolute Gasteiger partial charge is 0.465 e. The molecule has 0 spiro atoms. The van der Waals surface area contributed by atoms with Gasteiger partial charge in [0.15, 0.2) is 0 Å². The Kier molecular flexibility index (Phi) is 4.09. The van der Waals surface area contributed by atoms with Crippen LogP contribution in [0.5, 0.6) is 0 Å². The van der Waals surface area contributed by atoms with E-state index in [9.17, 15) is 4.79 Å². The zero-order valence-electron chi connectivity index (χ0n) is 9.79. The molecule has 1 aromatic carbocycles. The molecule has 0 aliphatic rings. The molecule has 18 heavy (non-hydrogen) atoms. The molecule has 0 fully saturated rings. The molecule has 4 nitrogen and oxygen atoms in total. The smallest absolute Gasteiger partial charge is 0.350 e. The van der Waals surface area contributed by atoms with Gasteiger partial charge in [-0.2, -0.15) is 5.10 Å². The van der Waals surface area contributed by atoms with Gasteiger partial charge in [0.2, 0.25) is 0 Å². The van der Waals surface area contributed by atoms with E-state index >= 15 is 0 Å². The highest BCUT2D eigenvalue weighted by atomic mass is 32.1. The maximum Gasteiger partial charge on any atom is 0.350 e. The highest BCUT2D eigenvalue weighted by Gasteiger charge is 2.12. The monoisotopic (exact) mass is 260 g/mol. The van der Waals surface area contributed by atoms with E-state index < -0.39 is 0 Å². The molecular weight excluding hydrogens is 248 g/mol. The molecule has 0 aliphatic carbocycles. The minimum Gasteiger partial charge on any atom is -0.465 e. The van der Waals surface area contributed by atoms with Gasteiger partial charge in [-0.25, -0.2) is 4.79 Å². The molecule has 5 heteroatoms. The van der Waals surface area contributed by atoms with Crippen molar-refractivity contribution < 1.29 is 9.53 Å². The predicted molar refractivity (Wildman–Crippen MR) is 73.3 cm³/mol. The van der Waals surface area contributed by atoms with Crippen molar-refractivity contribution in [3.05, 3.63) is 52.2 Å². The van der Waals surface area contributed by atoms with Gasteiger partial charge in [-0.1, -0.05) is 30.3 Å². The summed E-state index contributed by atoms with van der Waals surface area (Å²) in [6, 6.07) is 11.5. The summed E-state index contributed by atoms with van der Waals surface area (Å²) in [7, 11) is 1.36. The van der Waals surface area contributed by atoms with Crippen molar-refractivity contribution in [3.8, 4) is 0 Å². The number of ether oxygens (including phenoxy) is 1. The van der Waals surface area contributed by atoms with E-state index in [1.165, 1.54) is 18.4 Å². The first-order valence-electron chi connectivity index (χ1n) is 5.31. The van der Waals surface area contributed by atoms with Crippen LogP contribution in [-0.2, 0) is 4.74 Å². The second kappa shape index (κ2) is 5.97. The average Bonchev–Trinajstić information content (AvgIpc) is 2.87. The first-order valence-corrected chi connectivity index (χ1v) is 6.19. The van der Waals surface area contributed by atoms with Gasteiger partial charge in [0.25, 0.3) is 0 Å². The van der Waals surface area contributed by atoms with E-state index in [1.807, 2.05) is 35.7 Å². The number of anilines is 1. The van der Waals surface area contributed by atoms with Gasteiger partial charge >= 0.3 is 5.97 Å². The van der Waals surface area contributed by atoms with Gasteiger partial charge in [0.05, 0.1) is 19.0 Å². The van der Waals surface area contributed by atoms with Crippen molar-refractivity contribution in [3.63, 3.8) is 0 Å². The summed E-state index contributed by atoms with van der Waals surface area (Å²) in [5.74, 6) is -0.359. The fraction of sp³-hybridized carbons (Fsp3) is 0.0769. The Morgan fingerprint density at radius 1 is 1.33 bits per heavy atom. The van der Waals surface area contributed by atoms with E-state index in [4.69, 9.17) is 0 Å². The molecular formula is C13H12N2O2S. The zero-order valence-corrected chi connectivity index (χ0v) is 10.6. The number of carbonyl (C=O) groups excluding carboxylic acids is 1. The number of esters is 1. The number of methoxy groups -OCH3 is 1. The number of hydrogen-bond acceptors (Lipinski definition) is 5. The number of benzene rings is 1. The molecule has 0 aliphatic heterocycles.